The Morgan fingerprint density at radius 1 is 0.833 bits per heavy atom. The van der Waals surface area contributed by atoms with Crippen molar-refractivity contribution in [3.63, 3.8) is 0 Å². The fourth-order valence-electron chi connectivity index (χ4n) is 2.35. The van der Waals surface area contributed by atoms with Crippen LogP contribution in [0, 0.1) is 13.8 Å². The van der Waals surface area contributed by atoms with E-state index in [1.165, 1.54) is 5.56 Å². The molecule has 0 aromatic heterocycles. The molecule has 0 N–H and O–H groups in total. The summed E-state index contributed by atoms with van der Waals surface area (Å²) in [7, 11) is 0. The Hall–Kier alpha value is -2.39. The highest BCUT2D eigenvalue weighted by atomic mass is 79.9. The van der Waals surface area contributed by atoms with Crippen molar-refractivity contribution in [3.05, 3.63) is 87.9 Å². The van der Waals surface area contributed by atoms with E-state index in [2.05, 4.69) is 47.1 Å². The second-order valence-corrected chi connectivity index (χ2v) is 6.60. The van der Waals surface area contributed by atoms with Gasteiger partial charge in [0.25, 0.3) is 0 Å². The van der Waals surface area contributed by atoms with E-state index in [-0.39, 0.29) is 5.97 Å². The zero-order valence-corrected chi connectivity index (χ0v) is 15.1. The van der Waals surface area contributed by atoms with Crippen molar-refractivity contribution in [2.24, 2.45) is 0 Å². The van der Waals surface area contributed by atoms with Gasteiger partial charge in [0, 0.05) is 4.47 Å². The van der Waals surface area contributed by atoms with Gasteiger partial charge in [-0.15, -0.1) is 0 Å². The van der Waals surface area contributed by atoms with Gasteiger partial charge in [0.1, 0.15) is 5.75 Å². The van der Waals surface area contributed by atoms with Crippen LogP contribution in [0.4, 0.5) is 0 Å². The zero-order valence-electron chi connectivity index (χ0n) is 13.5. The van der Waals surface area contributed by atoms with E-state index in [9.17, 15) is 4.79 Å². The second kappa shape index (κ2) is 7.02. The molecule has 0 amide bonds. The maximum absolute atomic E-state index is 12.2. The molecule has 0 atom stereocenters. The molecule has 0 unspecified atom stereocenters. The molecular weight excluding hydrogens is 364 g/mol. The molecule has 3 aromatic rings. The molecule has 2 nitrogen and oxygen atoms in total. The lowest BCUT2D eigenvalue weighted by molar-refractivity contribution is 0.0734. The molecule has 0 saturated heterocycles. The third-order valence-electron chi connectivity index (χ3n) is 3.86. The van der Waals surface area contributed by atoms with Crippen LogP contribution in [0.5, 0.6) is 5.75 Å². The third kappa shape index (κ3) is 3.74. The first-order valence-corrected chi connectivity index (χ1v) is 8.48. The monoisotopic (exact) mass is 380 g/mol. The Kier molecular flexibility index (Phi) is 4.81. The number of esters is 1. The van der Waals surface area contributed by atoms with E-state index < -0.39 is 0 Å². The molecule has 0 saturated carbocycles. The molecule has 3 rings (SSSR count). The average Bonchev–Trinajstić information content (AvgIpc) is 2.59. The van der Waals surface area contributed by atoms with Crippen molar-refractivity contribution < 1.29 is 9.53 Å². The normalized spacial score (nSPS) is 10.5. The van der Waals surface area contributed by atoms with Gasteiger partial charge in [0.05, 0.1) is 5.56 Å². The summed E-state index contributed by atoms with van der Waals surface area (Å²) >= 11 is 3.43. The Labute approximate surface area is 150 Å². The summed E-state index contributed by atoms with van der Waals surface area (Å²) in [4.78, 5) is 12.2. The van der Waals surface area contributed by atoms with Crippen molar-refractivity contribution in [1.29, 1.82) is 0 Å². The minimum absolute atomic E-state index is 0.362. The molecule has 0 heterocycles. The van der Waals surface area contributed by atoms with Gasteiger partial charge in [0.15, 0.2) is 0 Å². The van der Waals surface area contributed by atoms with Crippen LogP contribution >= 0.6 is 15.9 Å². The lowest BCUT2D eigenvalue weighted by Crippen LogP contribution is -2.08. The van der Waals surface area contributed by atoms with Crippen LogP contribution in [-0.2, 0) is 0 Å². The minimum atomic E-state index is -0.362. The van der Waals surface area contributed by atoms with Crippen molar-refractivity contribution in [2.75, 3.05) is 0 Å². The Bertz CT molecular complexity index is 865. The van der Waals surface area contributed by atoms with Crippen LogP contribution in [0.1, 0.15) is 21.5 Å². The van der Waals surface area contributed by atoms with Crippen molar-refractivity contribution >= 4 is 21.9 Å². The van der Waals surface area contributed by atoms with Crippen LogP contribution in [0.2, 0.25) is 0 Å². The number of hydrogen-bond acceptors (Lipinski definition) is 2. The highest BCUT2D eigenvalue weighted by molar-refractivity contribution is 9.10. The van der Waals surface area contributed by atoms with Crippen molar-refractivity contribution in [2.45, 2.75) is 13.8 Å². The summed E-state index contributed by atoms with van der Waals surface area (Å²) in [6.45, 7) is 4.04. The number of aryl methyl sites for hydroxylation is 2. The molecule has 0 spiro atoms. The predicted molar refractivity (Wildman–Crippen MR) is 100 cm³/mol. The SMILES string of the molecule is Cc1ccc(-c2ccc(OC(=O)c3ccc(C)c(Br)c3)cc2)cc1. The number of carbonyl (C=O) groups is 1. The van der Waals surface area contributed by atoms with E-state index in [1.807, 2.05) is 37.3 Å². The van der Waals surface area contributed by atoms with Gasteiger partial charge >= 0.3 is 5.97 Å². The molecule has 3 heteroatoms. The predicted octanol–water partition coefficient (Wildman–Crippen LogP) is 5.95. The van der Waals surface area contributed by atoms with Crippen molar-refractivity contribution in [1.82, 2.24) is 0 Å². The van der Waals surface area contributed by atoms with E-state index in [0.717, 1.165) is 21.2 Å². The first kappa shape index (κ1) is 16.5. The minimum Gasteiger partial charge on any atom is -0.423 e. The van der Waals surface area contributed by atoms with E-state index in [0.29, 0.717) is 11.3 Å². The largest absolute Gasteiger partial charge is 0.423 e. The lowest BCUT2D eigenvalue weighted by Gasteiger charge is -2.07. The highest BCUT2D eigenvalue weighted by Gasteiger charge is 2.10. The average molecular weight is 381 g/mol. The summed E-state index contributed by atoms with van der Waals surface area (Å²) in [6, 6.07) is 21.3. The van der Waals surface area contributed by atoms with Gasteiger partial charge in [-0.25, -0.2) is 4.79 Å². The first-order chi connectivity index (χ1) is 11.5. The fraction of sp³-hybridized carbons (Fsp3) is 0.0952. The van der Waals surface area contributed by atoms with Crippen LogP contribution < -0.4 is 4.74 Å². The highest BCUT2D eigenvalue weighted by Crippen LogP contribution is 2.24. The lowest BCUT2D eigenvalue weighted by atomic mass is 10.0. The molecule has 120 valence electrons. The summed E-state index contributed by atoms with van der Waals surface area (Å²) in [5.41, 5.74) is 5.06. The smallest absolute Gasteiger partial charge is 0.343 e. The quantitative estimate of drug-likeness (QED) is 0.414. The van der Waals surface area contributed by atoms with E-state index in [1.54, 1.807) is 12.1 Å². The molecule has 0 bridgehead atoms. The maximum atomic E-state index is 12.2. The van der Waals surface area contributed by atoms with Gasteiger partial charge in [-0.1, -0.05) is 64.0 Å². The number of ether oxygens (including phenoxy) is 1. The van der Waals surface area contributed by atoms with Crippen LogP contribution in [-0.4, -0.2) is 5.97 Å². The fourth-order valence-corrected chi connectivity index (χ4v) is 2.73. The van der Waals surface area contributed by atoms with Gasteiger partial charge < -0.3 is 4.74 Å². The molecule has 0 fully saturated rings. The van der Waals surface area contributed by atoms with Gasteiger partial charge in [-0.2, -0.15) is 0 Å². The first-order valence-electron chi connectivity index (χ1n) is 7.68. The number of carbonyl (C=O) groups excluding carboxylic acids is 1. The summed E-state index contributed by atoms with van der Waals surface area (Å²) < 4.78 is 6.34. The summed E-state index contributed by atoms with van der Waals surface area (Å²) in [5, 5.41) is 0. The topological polar surface area (TPSA) is 26.3 Å². The molecule has 0 aliphatic heterocycles. The maximum Gasteiger partial charge on any atom is 0.343 e. The van der Waals surface area contributed by atoms with Gasteiger partial charge in [0.2, 0.25) is 0 Å². The van der Waals surface area contributed by atoms with Gasteiger partial charge in [-0.05, 0) is 54.8 Å². The second-order valence-electron chi connectivity index (χ2n) is 5.74. The zero-order chi connectivity index (χ0) is 17.1. The number of rotatable bonds is 3. The molecule has 0 radical (unpaired) electrons. The summed E-state index contributed by atoms with van der Waals surface area (Å²) in [5.74, 6) is 0.173. The van der Waals surface area contributed by atoms with E-state index >= 15 is 0 Å². The number of halogens is 1. The Morgan fingerprint density at radius 3 is 2.00 bits per heavy atom. The van der Waals surface area contributed by atoms with Gasteiger partial charge in [-0.3, -0.25) is 0 Å². The Morgan fingerprint density at radius 2 is 1.42 bits per heavy atom. The van der Waals surface area contributed by atoms with Crippen LogP contribution in [0.25, 0.3) is 11.1 Å². The molecular formula is C21H17BrO2. The van der Waals surface area contributed by atoms with E-state index in [4.69, 9.17) is 4.74 Å². The molecule has 24 heavy (non-hydrogen) atoms. The standard InChI is InChI=1S/C21H17BrO2/c1-14-3-6-16(7-4-14)17-9-11-19(12-10-17)24-21(23)18-8-5-15(2)20(22)13-18/h3-13H,1-2H3. The molecule has 0 aliphatic carbocycles. The number of hydrogen-bond donors (Lipinski definition) is 0. The molecule has 3 aromatic carbocycles. The molecule has 0 aliphatic rings. The van der Waals surface area contributed by atoms with Crippen LogP contribution in [0.15, 0.2) is 71.2 Å². The summed E-state index contributed by atoms with van der Waals surface area (Å²) in [6.07, 6.45) is 0. The third-order valence-corrected chi connectivity index (χ3v) is 4.71. The van der Waals surface area contributed by atoms with Crippen LogP contribution in [0.3, 0.4) is 0 Å². The number of benzene rings is 3. The van der Waals surface area contributed by atoms with Crippen molar-refractivity contribution in [3.8, 4) is 16.9 Å². The Balaban J connectivity index is 1.75.